The van der Waals surface area contributed by atoms with E-state index in [4.69, 9.17) is 4.74 Å². The fourth-order valence-corrected chi connectivity index (χ4v) is 3.24. The van der Waals surface area contributed by atoms with Crippen molar-refractivity contribution in [2.75, 3.05) is 11.9 Å². The zero-order valence-electron chi connectivity index (χ0n) is 12.3. The van der Waals surface area contributed by atoms with Gasteiger partial charge >= 0.3 is 6.03 Å². The smallest absolute Gasteiger partial charge is 0.321 e. The maximum atomic E-state index is 12.1. The highest BCUT2D eigenvalue weighted by Crippen LogP contribution is 2.31. The van der Waals surface area contributed by atoms with E-state index in [0.29, 0.717) is 11.7 Å². The van der Waals surface area contributed by atoms with Gasteiger partial charge in [0.2, 0.25) is 5.13 Å². The van der Waals surface area contributed by atoms with Gasteiger partial charge in [0.1, 0.15) is 10.8 Å². The van der Waals surface area contributed by atoms with Crippen LogP contribution >= 0.6 is 11.3 Å². The Morgan fingerprint density at radius 2 is 2.27 bits per heavy atom. The number of amides is 2. The van der Waals surface area contributed by atoms with Crippen molar-refractivity contribution in [3.63, 3.8) is 0 Å². The molecule has 0 saturated carbocycles. The zero-order valence-corrected chi connectivity index (χ0v) is 13.2. The average Bonchev–Trinajstić information content (AvgIpc) is 2.95. The minimum absolute atomic E-state index is 0.0482. The summed E-state index contributed by atoms with van der Waals surface area (Å²) >= 11 is 1.41. The number of carbonyl (C=O) groups excluding carboxylic acids is 1. The number of aryl methyl sites for hydroxylation is 1. The van der Waals surface area contributed by atoms with Gasteiger partial charge in [0.25, 0.3) is 0 Å². The molecule has 22 heavy (non-hydrogen) atoms. The Morgan fingerprint density at radius 1 is 1.41 bits per heavy atom. The van der Waals surface area contributed by atoms with E-state index < -0.39 is 0 Å². The molecule has 116 valence electrons. The Balaban J connectivity index is 1.62. The van der Waals surface area contributed by atoms with Gasteiger partial charge in [-0.25, -0.2) is 4.79 Å². The number of hydrogen-bond donors (Lipinski definition) is 2. The normalized spacial score (nSPS) is 16.5. The second kappa shape index (κ2) is 6.74. The van der Waals surface area contributed by atoms with Gasteiger partial charge in [-0.3, -0.25) is 5.32 Å². The van der Waals surface area contributed by atoms with Crippen molar-refractivity contribution in [1.29, 1.82) is 0 Å². The number of nitrogens with one attached hydrogen (secondary N) is 2. The fraction of sp³-hybridized carbons (Fsp3) is 0.400. The van der Waals surface area contributed by atoms with Gasteiger partial charge in [-0.1, -0.05) is 36.5 Å². The lowest BCUT2D eigenvalue weighted by Crippen LogP contribution is -2.35. The molecule has 0 bridgehead atoms. The van der Waals surface area contributed by atoms with E-state index in [1.807, 2.05) is 24.3 Å². The lowest BCUT2D eigenvalue weighted by molar-refractivity contribution is 0.232. The van der Waals surface area contributed by atoms with Crippen LogP contribution in [-0.2, 0) is 6.42 Å². The predicted octanol–water partition coefficient (Wildman–Crippen LogP) is 3.14. The third-order valence-electron chi connectivity index (χ3n) is 3.42. The molecule has 2 heterocycles. The van der Waals surface area contributed by atoms with Gasteiger partial charge in [-0.05, 0) is 12.5 Å². The van der Waals surface area contributed by atoms with Crippen LogP contribution in [0, 0.1) is 0 Å². The van der Waals surface area contributed by atoms with Crippen molar-refractivity contribution in [3.8, 4) is 5.75 Å². The lowest BCUT2D eigenvalue weighted by Gasteiger charge is -2.26. The summed E-state index contributed by atoms with van der Waals surface area (Å²) in [5.74, 6) is 0.834. The number of ether oxygens (including phenoxy) is 1. The summed E-state index contributed by atoms with van der Waals surface area (Å²) in [6.45, 7) is 2.69. The summed E-state index contributed by atoms with van der Waals surface area (Å²) in [5.41, 5.74) is 1.01. The molecule has 7 heteroatoms. The molecular formula is C15H18N4O2S. The molecule has 0 spiro atoms. The minimum atomic E-state index is -0.263. The molecule has 1 aliphatic heterocycles. The first kappa shape index (κ1) is 14.8. The van der Waals surface area contributed by atoms with Gasteiger partial charge in [0.05, 0.1) is 12.6 Å². The van der Waals surface area contributed by atoms with Crippen LogP contribution in [0.15, 0.2) is 24.3 Å². The Labute approximate surface area is 132 Å². The highest BCUT2D eigenvalue weighted by Gasteiger charge is 2.22. The number of urea groups is 1. The molecule has 3 rings (SSSR count). The highest BCUT2D eigenvalue weighted by atomic mass is 32.1. The van der Waals surface area contributed by atoms with Crippen molar-refractivity contribution in [2.45, 2.75) is 32.2 Å². The first-order valence-corrected chi connectivity index (χ1v) is 8.19. The summed E-state index contributed by atoms with van der Waals surface area (Å²) in [6, 6.07) is 7.46. The standard InChI is InChI=1S/C15H18N4O2S/c1-2-5-13-18-19-15(22-13)17-14(20)16-11-8-9-21-12-7-4-3-6-10(11)12/h3-4,6-7,11H,2,5,8-9H2,1H3,(H2,16,17,19,20)/t11-/m0/s1. The summed E-state index contributed by atoms with van der Waals surface area (Å²) in [6.07, 6.45) is 2.65. The molecule has 1 aromatic heterocycles. The number of hydrogen-bond acceptors (Lipinski definition) is 5. The van der Waals surface area contributed by atoms with Crippen LogP contribution in [0.5, 0.6) is 5.75 Å². The number of aromatic nitrogens is 2. The molecule has 0 radical (unpaired) electrons. The Kier molecular flexibility index (Phi) is 4.53. The van der Waals surface area contributed by atoms with Crippen LogP contribution in [0.1, 0.15) is 36.4 Å². The third-order valence-corrected chi connectivity index (χ3v) is 4.31. The van der Waals surface area contributed by atoms with Crippen LogP contribution in [0.3, 0.4) is 0 Å². The lowest BCUT2D eigenvalue weighted by atomic mass is 10.0. The van der Waals surface area contributed by atoms with Crippen molar-refractivity contribution < 1.29 is 9.53 Å². The van der Waals surface area contributed by atoms with E-state index in [2.05, 4.69) is 27.8 Å². The van der Waals surface area contributed by atoms with Crippen molar-refractivity contribution in [2.24, 2.45) is 0 Å². The Bertz CT molecular complexity index is 658. The predicted molar refractivity (Wildman–Crippen MR) is 85.4 cm³/mol. The molecule has 0 saturated heterocycles. The van der Waals surface area contributed by atoms with E-state index in [-0.39, 0.29) is 12.1 Å². The van der Waals surface area contributed by atoms with E-state index >= 15 is 0 Å². The summed E-state index contributed by atoms with van der Waals surface area (Å²) < 4.78 is 5.59. The number of fused-ring (bicyclic) bond motifs is 1. The van der Waals surface area contributed by atoms with Crippen LogP contribution in [0.25, 0.3) is 0 Å². The summed E-state index contributed by atoms with van der Waals surface area (Å²) in [7, 11) is 0. The average molecular weight is 318 g/mol. The maximum Gasteiger partial charge on any atom is 0.321 e. The SMILES string of the molecule is CCCc1nnc(NC(=O)N[C@H]2CCOc3ccccc32)s1. The number of nitrogens with zero attached hydrogens (tertiary/aromatic N) is 2. The Morgan fingerprint density at radius 3 is 3.14 bits per heavy atom. The molecule has 0 fully saturated rings. The van der Waals surface area contributed by atoms with E-state index in [1.54, 1.807) is 0 Å². The van der Waals surface area contributed by atoms with Gasteiger partial charge in [-0.15, -0.1) is 10.2 Å². The van der Waals surface area contributed by atoms with E-state index in [1.165, 1.54) is 11.3 Å². The molecule has 0 unspecified atom stereocenters. The molecule has 6 nitrogen and oxygen atoms in total. The van der Waals surface area contributed by atoms with Crippen LogP contribution < -0.4 is 15.4 Å². The highest BCUT2D eigenvalue weighted by molar-refractivity contribution is 7.15. The topological polar surface area (TPSA) is 76.1 Å². The minimum Gasteiger partial charge on any atom is -0.493 e. The fourth-order valence-electron chi connectivity index (χ4n) is 2.40. The number of anilines is 1. The van der Waals surface area contributed by atoms with Crippen molar-refractivity contribution in [3.05, 3.63) is 34.8 Å². The third kappa shape index (κ3) is 3.36. The van der Waals surface area contributed by atoms with E-state index in [9.17, 15) is 4.79 Å². The van der Waals surface area contributed by atoms with Gasteiger partial charge in [0.15, 0.2) is 0 Å². The van der Waals surface area contributed by atoms with Gasteiger partial charge in [-0.2, -0.15) is 0 Å². The molecule has 1 atom stereocenters. The van der Waals surface area contributed by atoms with Gasteiger partial charge < -0.3 is 10.1 Å². The van der Waals surface area contributed by atoms with Crippen molar-refractivity contribution in [1.82, 2.24) is 15.5 Å². The number of carbonyl (C=O) groups is 1. The largest absolute Gasteiger partial charge is 0.493 e. The van der Waals surface area contributed by atoms with Crippen LogP contribution in [-0.4, -0.2) is 22.8 Å². The number of rotatable bonds is 4. The second-order valence-corrected chi connectivity index (χ2v) is 6.14. The van der Waals surface area contributed by atoms with Crippen LogP contribution in [0.4, 0.5) is 9.93 Å². The molecule has 2 aromatic rings. The molecular weight excluding hydrogens is 300 g/mol. The number of benzene rings is 1. The van der Waals surface area contributed by atoms with Crippen molar-refractivity contribution >= 4 is 22.5 Å². The first-order chi connectivity index (χ1) is 10.8. The second-order valence-electron chi connectivity index (χ2n) is 5.08. The monoisotopic (exact) mass is 318 g/mol. The molecule has 2 amide bonds. The Hall–Kier alpha value is -2.15. The van der Waals surface area contributed by atoms with Crippen LogP contribution in [0.2, 0.25) is 0 Å². The summed E-state index contributed by atoms with van der Waals surface area (Å²) in [4.78, 5) is 12.1. The molecule has 2 N–H and O–H groups in total. The zero-order chi connectivity index (χ0) is 15.4. The summed E-state index contributed by atoms with van der Waals surface area (Å²) in [5, 5.41) is 15.2. The molecule has 0 aliphatic carbocycles. The first-order valence-electron chi connectivity index (χ1n) is 7.38. The van der Waals surface area contributed by atoms with Gasteiger partial charge in [0, 0.05) is 18.4 Å². The van der Waals surface area contributed by atoms with E-state index in [0.717, 1.165) is 35.6 Å². The maximum absolute atomic E-state index is 12.1. The quantitative estimate of drug-likeness (QED) is 0.908. The number of para-hydroxylation sites is 1. The molecule has 1 aromatic carbocycles. The molecule has 1 aliphatic rings.